The number of methoxy groups -OCH3 is 1. The molecule has 14 heavy (non-hydrogen) atoms. The zero-order valence-corrected chi connectivity index (χ0v) is 9.18. The molecule has 1 rings (SSSR count). The van der Waals surface area contributed by atoms with Crippen molar-refractivity contribution in [2.75, 3.05) is 12.9 Å². The monoisotopic (exact) mass is 235 g/mol. The van der Waals surface area contributed by atoms with Gasteiger partial charge < -0.3 is 4.74 Å². The summed E-state index contributed by atoms with van der Waals surface area (Å²) in [5, 5.41) is 0. The second-order valence-electron chi connectivity index (χ2n) is 2.73. The van der Waals surface area contributed by atoms with Crippen LogP contribution in [-0.4, -0.2) is 26.3 Å². The molecule has 1 heterocycles. The lowest BCUT2D eigenvalue weighted by molar-refractivity contribution is 0.412. The van der Waals surface area contributed by atoms with Crippen molar-refractivity contribution in [3.05, 3.63) is 24.0 Å². The Hall–Kier alpha value is -0.810. The summed E-state index contributed by atoms with van der Waals surface area (Å²) in [6, 6.07) is 1.73. The standard InChI is InChI=1S/C8H10ClNO3S/c1-13-8-4-7(5-10-6-8)2-3-14(9,11)12/h4-6H,2-3H2,1H3. The molecule has 0 aromatic carbocycles. The Morgan fingerprint density at radius 2 is 2.21 bits per heavy atom. The Balaban J connectivity index is 2.68. The minimum atomic E-state index is -3.44. The van der Waals surface area contributed by atoms with Crippen molar-refractivity contribution in [3.8, 4) is 5.75 Å². The number of ether oxygens (including phenoxy) is 1. The highest BCUT2D eigenvalue weighted by Crippen LogP contribution is 2.11. The Morgan fingerprint density at radius 3 is 2.79 bits per heavy atom. The largest absolute Gasteiger partial charge is 0.495 e. The van der Waals surface area contributed by atoms with E-state index in [0.717, 1.165) is 5.56 Å². The topological polar surface area (TPSA) is 56.3 Å². The van der Waals surface area contributed by atoms with Gasteiger partial charge in [0.05, 0.1) is 19.1 Å². The van der Waals surface area contributed by atoms with Gasteiger partial charge in [-0.25, -0.2) is 8.42 Å². The first-order valence-corrected chi connectivity index (χ1v) is 6.39. The maximum absolute atomic E-state index is 10.7. The van der Waals surface area contributed by atoms with Crippen molar-refractivity contribution in [2.45, 2.75) is 6.42 Å². The predicted molar refractivity (Wildman–Crippen MR) is 54.1 cm³/mol. The maximum Gasteiger partial charge on any atom is 0.232 e. The molecule has 0 amide bonds. The van der Waals surface area contributed by atoms with Crippen LogP contribution in [0, 0.1) is 0 Å². The number of pyridine rings is 1. The number of nitrogens with zero attached hydrogens (tertiary/aromatic N) is 1. The van der Waals surface area contributed by atoms with Crippen molar-refractivity contribution in [3.63, 3.8) is 0 Å². The van der Waals surface area contributed by atoms with E-state index in [1.165, 1.54) is 7.11 Å². The van der Waals surface area contributed by atoms with E-state index in [2.05, 4.69) is 4.98 Å². The Bertz CT molecular complexity index is 405. The van der Waals surface area contributed by atoms with Crippen molar-refractivity contribution < 1.29 is 13.2 Å². The van der Waals surface area contributed by atoms with E-state index in [1.807, 2.05) is 0 Å². The highest BCUT2D eigenvalue weighted by molar-refractivity contribution is 8.13. The number of aryl methyl sites for hydroxylation is 1. The molecule has 0 radical (unpaired) electrons. The molecule has 0 aliphatic carbocycles. The first-order valence-electron chi connectivity index (χ1n) is 3.91. The normalized spacial score (nSPS) is 11.3. The molecule has 0 aliphatic rings. The molecule has 1 aromatic rings. The minimum Gasteiger partial charge on any atom is -0.495 e. The lowest BCUT2D eigenvalue weighted by atomic mass is 10.2. The van der Waals surface area contributed by atoms with Crippen LogP contribution in [-0.2, 0) is 15.5 Å². The molecule has 0 atom stereocenters. The van der Waals surface area contributed by atoms with E-state index >= 15 is 0 Å². The molecule has 78 valence electrons. The Labute approximate surface area is 87.3 Å². The summed E-state index contributed by atoms with van der Waals surface area (Å²) in [6.07, 6.45) is 3.49. The third-order valence-electron chi connectivity index (χ3n) is 1.64. The molecule has 0 aliphatic heterocycles. The van der Waals surface area contributed by atoms with Crippen molar-refractivity contribution in [2.24, 2.45) is 0 Å². The van der Waals surface area contributed by atoms with Gasteiger partial charge in [0, 0.05) is 16.9 Å². The lowest BCUT2D eigenvalue weighted by Crippen LogP contribution is -2.01. The predicted octanol–water partition coefficient (Wildman–Crippen LogP) is 1.20. The average Bonchev–Trinajstić information content (AvgIpc) is 2.14. The highest BCUT2D eigenvalue weighted by Gasteiger charge is 2.06. The second kappa shape index (κ2) is 4.61. The van der Waals surface area contributed by atoms with Gasteiger partial charge in [0.2, 0.25) is 9.05 Å². The van der Waals surface area contributed by atoms with Gasteiger partial charge in [0.15, 0.2) is 0 Å². The SMILES string of the molecule is COc1cncc(CCS(=O)(=O)Cl)c1. The van der Waals surface area contributed by atoms with E-state index in [4.69, 9.17) is 15.4 Å². The zero-order chi connectivity index (χ0) is 10.6. The van der Waals surface area contributed by atoms with Gasteiger partial charge in [-0.1, -0.05) is 0 Å². The molecule has 0 saturated carbocycles. The minimum absolute atomic E-state index is 0.0938. The quantitative estimate of drug-likeness (QED) is 0.736. The van der Waals surface area contributed by atoms with Crippen LogP contribution in [0.4, 0.5) is 0 Å². The third-order valence-corrected chi connectivity index (χ3v) is 2.79. The fourth-order valence-corrected chi connectivity index (χ4v) is 1.66. The van der Waals surface area contributed by atoms with Crippen LogP contribution in [0.5, 0.6) is 5.75 Å². The van der Waals surface area contributed by atoms with Crippen LogP contribution in [0.3, 0.4) is 0 Å². The summed E-state index contributed by atoms with van der Waals surface area (Å²) >= 11 is 0. The van der Waals surface area contributed by atoms with Crippen LogP contribution in [0.25, 0.3) is 0 Å². The molecule has 0 unspecified atom stereocenters. The van der Waals surface area contributed by atoms with Crippen LogP contribution in [0.15, 0.2) is 18.5 Å². The number of aromatic nitrogens is 1. The Kier molecular flexibility index (Phi) is 3.71. The summed E-state index contributed by atoms with van der Waals surface area (Å²) in [4.78, 5) is 3.89. The molecular formula is C8H10ClNO3S. The van der Waals surface area contributed by atoms with Crippen molar-refractivity contribution in [1.29, 1.82) is 0 Å². The molecule has 0 bridgehead atoms. The fraction of sp³-hybridized carbons (Fsp3) is 0.375. The number of rotatable bonds is 4. The third kappa shape index (κ3) is 3.93. The Morgan fingerprint density at radius 1 is 1.50 bits per heavy atom. The van der Waals surface area contributed by atoms with Crippen LogP contribution in [0.2, 0.25) is 0 Å². The van der Waals surface area contributed by atoms with Gasteiger partial charge in [-0.05, 0) is 18.1 Å². The van der Waals surface area contributed by atoms with E-state index in [1.54, 1.807) is 18.5 Å². The van der Waals surface area contributed by atoms with Gasteiger partial charge in [-0.2, -0.15) is 0 Å². The molecule has 0 fully saturated rings. The highest BCUT2D eigenvalue weighted by atomic mass is 35.7. The summed E-state index contributed by atoms with van der Waals surface area (Å²) in [7, 11) is 3.17. The molecule has 4 nitrogen and oxygen atoms in total. The van der Waals surface area contributed by atoms with Crippen molar-refractivity contribution >= 4 is 19.7 Å². The summed E-state index contributed by atoms with van der Waals surface area (Å²) in [5.41, 5.74) is 0.786. The zero-order valence-electron chi connectivity index (χ0n) is 7.60. The van der Waals surface area contributed by atoms with Gasteiger partial charge in [0.25, 0.3) is 0 Å². The van der Waals surface area contributed by atoms with Crippen LogP contribution >= 0.6 is 10.7 Å². The van der Waals surface area contributed by atoms with Gasteiger partial charge in [0.1, 0.15) is 5.75 Å². The first-order chi connectivity index (χ1) is 6.51. The maximum atomic E-state index is 10.7. The molecule has 1 aromatic heterocycles. The molecule has 0 N–H and O–H groups in total. The van der Waals surface area contributed by atoms with Crippen LogP contribution < -0.4 is 4.74 Å². The smallest absolute Gasteiger partial charge is 0.232 e. The number of hydrogen-bond donors (Lipinski definition) is 0. The van der Waals surface area contributed by atoms with Gasteiger partial charge in [-0.3, -0.25) is 4.98 Å². The summed E-state index contributed by atoms with van der Waals surface area (Å²) < 4.78 is 26.3. The molecule has 0 spiro atoms. The van der Waals surface area contributed by atoms with Gasteiger partial charge >= 0.3 is 0 Å². The van der Waals surface area contributed by atoms with Crippen LogP contribution in [0.1, 0.15) is 5.56 Å². The van der Waals surface area contributed by atoms with Gasteiger partial charge in [-0.15, -0.1) is 0 Å². The summed E-state index contributed by atoms with van der Waals surface area (Å²) in [5.74, 6) is 0.512. The molecular weight excluding hydrogens is 226 g/mol. The number of hydrogen-bond acceptors (Lipinski definition) is 4. The van der Waals surface area contributed by atoms with E-state index in [9.17, 15) is 8.42 Å². The number of halogens is 1. The molecule has 0 saturated heterocycles. The van der Waals surface area contributed by atoms with E-state index < -0.39 is 9.05 Å². The first kappa shape index (κ1) is 11.3. The average molecular weight is 236 g/mol. The molecule has 6 heteroatoms. The summed E-state index contributed by atoms with van der Waals surface area (Å²) in [6.45, 7) is 0. The fourth-order valence-electron chi connectivity index (χ4n) is 0.952. The second-order valence-corrected chi connectivity index (χ2v) is 5.62. The lowest BCUT2D eigenvalue weighted by Gasteiger charge is -2.01. The van der Waals surface area contributed by atoms with E-state index in [-0.39, 0.29) is 5.75 Å². The van der Waals surface area contributed by atoms with E-state index in [0.29, 0.717) is 12.2 Å². The van der Waals surface area contributed by atoms with Crippen molar-refractivity contribution in [1.82, 2.24) is 4.98 Å².